The lowest BCUT2D eigenvalue weighted by atomic mass is 9.91. The van der Waals surface area contributed by atoms with Crippen LogP contribution in [0.2, 0.25) is 0 Å². The Morgan fingerprint density at radius 3 is 2.77 bits per heavy atom. The maximum Gasteiger partial charge on any atom is 0.338 e. The van der Waals surface area contributed by atoms with Crippen molar-refractivity contribution < 1.29 is 14.3 Å². The number of hydrogen-bond acceptors (Lipinski definition) is 6. The molecule has 1 N–H and O–H groups in total. The lowest BCUT2D eigenvalue weighted by Crippen LogP contribution is -2.42. The Morgan fingerprint density at radius 1 is 1.33 bits per heavy atom. The number of methoxy groups -OCH3 is 1. The molecular formula is C23H31N3O3S. The van der Waals surface area contributed by atoms with E-state index in [0.717, 1.165) is 40.8 Å². The number of allylic oxidation sites excluding steroid dienone is 1. The van der Waals surface area contributed by atoms with Crippen LogP contribution < -0.4 is 5.32 Å². The maximum absolute atomic E-state index is 12.8. The largest absolute Gasteiger partial charge is 0.466 e. The van der Waals surface area contributed by atoms with E-state index in [0.29, 0.717) is 18.4 Å². The second-order valence-corrected chi connectivity index (χ2v) is 9.87. The molecule has 1 aromatic rings. The van der Waals surface area contributed by atoms with E-state index in [1.54, 1.807) is 11.8 Å². The molecule has 0 aromatic heterocycles. The van der Waals surface area contributed by atoms with Gasteiger partial charge < -0.3 is 15.0 Å². The summed E-state index contributed by atoms with van der Waals surface area (Å²) in [5.41, 5.74) is 2.96. The molecule has 0 bridgehead atoms. The van der Waals surface area contributed by atoms with Gasteiger partial charge in [-0.3, -0.25) is 4.79 Å². The topological polar surface area (TPSA) is 71.0 Å². The van der Waals surface area contributed by atoms with Crippen molar-refractivity contribution in [3.63, 3.8) is 0 Å². The summed E-state index contributed by atoms with van der Waals surface area (Å²) in [4.78, 5) is 32.2. The smallest absolute Gasteiger partial charge is 0.338 e. The molecule has 1 atom stereocenters. The minimum absolute atomic E-state index is 0.0166. The summed E-state index contributed by atoms with van der Waals surface area (Å²) in [7, 11) is 1.41. The number of carbonyl (C=O) groups is 2. The van der Waals surface area contributed by atoms with Gasteiger partial charge in [-0.2, -0.15) is 0 Å². The standard InChI is InChI=1S/C23H31N3O3S/c1-6-17-19(21(28)29-5)20(26-11-8-12-30-22(26)25-17)15-9-7-10-16(13-15)24-18(27)14-23(2,3)4/h7,9-10,13,20H,6,8,11-12,14H2,1-5H3,(H,24,27)/t20-/m0/s1. The molecule has 2 aliphatic heterocycles. The third-order valence-electron chi connectivity index (χ3n) is 5.06. The van der Waals surface area contributed by atoms with Gasteiger partial charge in [0.25, 0.3) is 0 Å². The van der Waals surface area contributed by atoms with Crippen molar-refractivity contribution in [2.75, 3.05) is 24.7 Å². The van der Waals surface area contributed by atoms with Gasteiger partial charge in [0.1, 0.15) is 0 Å². The van der Waals surface area contributed by atoms with Crippen LogP contribution in [0.4, 0.5) is 5.69 Å². The Bertz CT molecular complexity index is 886. The number of carbonyl (C=O) groups excluding carboxylic acids is 2. The number of thioether (sulfide) groups is 1. The van der Waals surface area contributed by atoms with Crippen molar-refractivity contribution in [1.82, 2.24) is 4.90 Å². The summed E-state index contributed by atoms with van der Waals surface area (Å²) in [6.45, 7) is 8.96. The predicted octanol–water partition coefficient (Wildman–Crippen LogP) is 4.75. The first-order valence-electron chi connectivity index (χ1n) is 10.4. The number of amidine groups is 1. The van der Waals surface area contributed by atoms with Crippen LogP contribution in [0.1, 0.15) is 58.6 Å². The highest BCUT2D eigenvalue weighted by Crippen LogP contribution is 2.41. The van der Waals surface area contributed by atoms with Crippen molar-refractivity contribution in [3.05, 3.63) is 41.1 Å². The van der Waals surface area contributed by atoms with Gasteiger partial charge in [-0.1, -0.05) is 51.6 Å². The normalized spacial score (nSPS) is 19.2. The molecule has 0 saturated carbocycles. The number of aliphatic imine (C=N–C) groups is 1. The molecule has 30 heavy (non-hydrogen) atoms. The summed E-state index contributed by atoms with van der Waals surface area (Å²) in [6, 6.07) is 7.50. The molecule has 2 heterocycles. The average molecular weight is 430 g/mol. The van der Waals surface area contributed by atoms with Crippen LogP contribution in [-0.2, 0) is 14.3 Å². The summed E-state index contributed by atoms with van der Waals surface area (Å²) < 4.78 is 5.13. The monoisotopic (exact) mass is 429 g/mol. The molecule has 1 amide bonds. The molecule has 0 aliphatic carbocycles. The predicted molar refractivity (Wildman–Crippen MR) is 122 cm³/mol. The zero-order chi connectivity index (χ0) is 21.9. The van der Waals surface area contributed by atoms with Crippen molar-refractivity contribution >= 4 is 34.5 Å². The molecule has 1 fully saturated rings. The molecule has 7 heteroatoms. The third kappa shape index (κ3) is 5.06. The highest BCUT2D eigenvalue weighted by molar-refractivity contribution is 8.13. The van der Waals surface area contributed by atoms with Crippen LogP contribution >= 0.6 is 11.8 Å². The van der Waals surface area contributed by atoms with Crippen LogP contribution in [0.5, 0.6) is 0 Å². The number of ether oxygens (including phenoxy) is 1. The van der Waals surface area contributed by atoms with E-state index in [-0.39, 0.29) is 23.3 Å². The fourth-order valence-electron chi connectivity index (χ4n) is 3.83. The zero-order valence-electron chi connectivity index (χ0n) is 18.4. The van der Waals surface area contributed by atoms with E-state index in [2.05, 4.69) is 10.2 Å². The zero-order valence-corrected chi connectivity index (χ0v) is 19.3. The molecule has 2 aliphatic rings. The molecule has 1 saturated heterocycles. The van der Waals surface area contributed by atoms with E-state index in [1.807, 2.05) is 52.0 Å². The molecule has 0 radical (unpaired) electrons. The number of rotatable bonds is 5. The fourth-order valence-corrected chi connectivity index (χ4v) is 4.82. The molecule has 0 spiro atoms. The SMILES string of the molecule is CCC1=C(C(=O)OC)[C@H](c2cccc(NC(=O)CC(C)(C)C)c2)N2CCCSC2=N1. The van der Waals surface area contributed by atoms with E-state index >= 15 is 0 Å². The summed E-state index contributed by atoms with van der Waals surface area (Å²) >= 11 is 1.73. The first-order valence-corrected chi connectivity index (χ1v) is 11.4. The first kappa shape index (κ1) is 22.4. The highest BCUT2D eigenvalue weighted by atomic mass is 32.2. The number of fused-ring (bicyclic) bond motifs is 1. The second-order valence-electron chi connectivity index (χ2n) is 8.81. The first-order chi connectivity index (χ1) is 14.2. The van der Waals surface area contributed by atoms with E-state index in [1.165, 1.54) is 7.11 Å². The van der Waals surface area contributed by atoms with Gasteiger partial charge in [0.05, 0.1) is 24.4 Å². The molecule has 0 unspecified atom stereocenters. The second kappa shape index (κ2) is 9.25. The van der Waals surface area contributed by atoms with Crippen molar-refractivity contribution in [3.8, 4) is 0 Å². The van der Waals surface area contributed by atoms with Crippen molar-refractivity contribution in [2.24, 2.45) is 10.4 Å². The van der Waals surface area contributed by atoms with Crippen LogP contribution in [0.15, 0.2) is 40.5 Å². The Morgan fingerprint density at radius 2 is 2.10 bits per heavy atom. The maximum atomic E-state index is 12.8. The van der Waals surface area contributed by atoms with Crippen LogP contribution in [0, 0.1) is 5.41 Å². The highest BCUT2D eigenvalue weighted by Gasteiger charge is 2.38. The number of benzene rings is 1. The van der Waals surface area contributed by atoms with Gasteiger partial charge in [0.15, 0.2) is 5.17 Å². The van der Waals surface area contributed by atoms with Crippen molar-refractivity contribution in [2.45, 2.75) is 53.0 Å². The van der Waals surface area contributed by atoms with Gasteiger partial charge in [-0.25, -0.2) is 9.79 Å². The van der Waals surface area contributed by atoms with Crippen LogP contribution in [0.3, 0.4) is 0 Å². The number of amides is 1. The van der Waals surface area contributed by atoms with E-state index in [9.17, 15) is 9.59 Å². The van der Waals surface area contributed by atoms with Crippen LogP contribution in [-0.4, -0.2) is 41.4 Å². The minimum atomic E-state index is -0.350. The third-order valence-corrected chi connectivity index (χ3v) is 6.14. The average Bonchev–Trinajstić information content (AvgIpc) is 2.70. The van der Waals surface area contributed by atoms with E-state index in [4.69, 9.17) is 9.73 Å². The van der Waals surface area contributed by atoms with Gasteiger partial charge in [0, 0.05) is 24.4 Å². The van der Waals surface area contributed by atoms with Gasteiger partial charge in [0.2, 0.25) is 5.91 Å². The fraction of sp³-hybridized carbons (Fsp3) is 0.522. The van der Waals surface area contributed by atoms with Gasteiger partial charge in [-0.05, 0) is 36.0 Å². The lowest BCUT2D eigenvalue weighted by molar-refractivity contribution is -0.137. The van der Waals surface area contributed by atoms with E-state index < -0.39 is 0 Å². The molecule has 3 rings (SSSR count). The molecule has 6 nitrogen and oxygen atoms in total. The quantitative estimate of drug-likeness (QED) is 0.684. The number of hydrogen-bond donors (Lipinski definition) is 1. The lowest BCUT2D eigenvalue weighted by Gasteiger charge is -2.40. The summed E-state index contributed by atoms with van der Waals surface area (Å²) in [5, 5.41) is 3.96. The van der Waals surface area contributed by atoms with Crippen LogP contribution in [0.25, 0.3) is 0 Å². The number of esters is 1. The number of nitrogens with zero attached hydrogens (tertiary/aromatic N) is 2. The number of anilines is 1. The minimum Gasteiger partial charge on any atom is -0.466 e. The Hall–Kier alpha value is -2.28. The number of nitrogens with one attached hydrogen (secondary N) is 1. The Kier molecular flexibility index (Phi) is 6.91. The van der Waals surface area contributed by atoms with Gasteiger partial charge in [-0.15, -0.1) is 0 Å². The molecular weight excluding hydrogens is 398 g/mol. The Labute approximate surface area is 183 Å². The summed E-state index contributed by atoms with van der Waals surface area (Å²) in [6.07, 6.45) is 2.12. The molecule has 1 aromatic carbocycles. The van der Waals surface area contributed by atoms with Gasteiger partial charge >= 0.3 is 5.97 Å². The summed E-state index contributed by atoms with van der Waals surface area (Å²) in [5.74, 6) is 0.657. The Balaban J connectivity index is 1.99. The van der Waals surface area contributed by atoms with Crippen molar-refractivity contribution in [1.29, 1.82) is 0 Å². The molecule has 162 valence electrons.